The van der Waals surface area contributed by atoms with Gasteiger partial charge in [0.05, 0.1) is 18.3 Å². The molecule has 1 unspecified atom stereocenters. The van der Waals surface area contributed by atoms with Crippen molar-refractivity contribution >= 4 is 5.69 Å². The largest absolute Gasteiger partial charge is 0.418 e. The quantitative estimate of drug-likeness (QED) is 0.914. The van der Waals surface area contributed by atoms with E-state index in [4.69, 9.17) is 4.74 Å². The highest BCUT2D eigenvalue weighted by atomic mass is 19.4. The Balaban J connectivity index is 2.12. The first-order chi connectivity index (χ1) is 8.98. The van der Waals surface area contributed by atoms with Crippen molar-refractivity contribution in [1.82, 2.24) is 5.32 Å². The van der Waals surface area contributed by atoms with E-state index in [0.717, 1.165) is 12.6 Å². The second-order valence-corrected chi connectivity index (χ2v) is 4.59. The Kier molecular flexibility index (Phi) is 4.31. The molecule has 1 heterocycles. The average Bonchev–Trinajstić information content (AvgIpc) is 2.39. The molecule has 0 bridgehead atoms. The van der Waals surface area contributed by atoms with E-state index in [9.17, 15) is 13.2 Å². The number of nitrogens with one attached hydrogen (secondary N) is 1. The first-order valence-electron chi connectivity index (χ1n) is 6.18. The molecule has 1 aliphatic rings. The summed E-state index contributed by atoms with van der Waals surface area (Å²) >= 11 is 0. The molecule has 1 aliphatic heterocycles. The number of para-hydroxylation sites is 1. The van der Waals surface area contributed by atoms with Gasteiger partial charge in [-0.05, 0) is 12.1 Å². The van der Waals surface area contributed by atoms with E-state index in [2.05, 4.69) is 5.32 Å². The summed E-state index contributed by atoms with van der Waals surface area (Å²) in [4.78, 5) is 1.60. The summed E-state index contributed by atoms with van der Waals surface area (Å²) in [6, 6.07) is 5.60. The molecule has 0 radical (unpaired) electrons. The molecule has 0 saturated carbocycles. The smallest absolute Gasteiger partial charge is 0.374 e. The van der Waals surface area contributed by atoms with Crippen LogP contribution in [0.2, 0.25) is 0 Å². The van der Waals surface area contributed by atoms with E-state index >= 15 is 0 Å². The van der Waals surface area contributed by atoms with Crippen LogP contribution in [-0.2, 0) is 10.9 Å². The maximum atomic E-state index is 12.9. The Labute approximate surface area is 110 Å². The van der Waals surface area contributed by atoms with Crippen LogP contribution in [0.5, 0.6) is 0 Å². The molecule has 1 N–H and O–H groups in total. The summed E-state index contributed by atoms with van der Waals surface area (Å²) in [5.41, 5.74) is -0.426. The molecule has 0 aromatic heterocycles. The fraction of sp³-hybridized carbons (Fsp3) is 0.538. The normalized spacial score (nSPS) is 20.3. The number of rotatable bonds is 3. The van der Waals surface area contributed by atoms with Gasteiger partial charge < -0.3 is 15.0 Å². The molecule has 1 fully saturated rings. The van der Waals surface area contributed by atoms with E-state index in [1.165, 1.54) is 12.1 Å². The lowest BCUT2D eigenvalue weighted by molar-refractivity contribution is -0.137. The third-order valence-corrected chi connectivity index (χ3v) is 3.10. The van der Waals surface area contributed by atoms with E-state index in [0.29, 0.717) is 19.7 Å². The van der Waals surface area contributed by atoms with Crippen LogP contribution in [-0.4, -0.2) is 39.4 Å². The molecule has 0 amide bonds. The van der Waals surface area contributed by atoms with Crippen molar-refractivity contribution in [2.45, 2.75) is 12.3 Å². The van der Waals surface area contributed by atoms with Gasteiger partial charge in [-0.15, -0.1) is 0 Å². The minimum absolute atomic E-state index is 0.0833. The molecule has 0 spiro atoms. The maximum absolute atomic E-state index is 12.9. The number of hydrogen-bond acceptors (Lipinski definition) is 3. The first kappa shape index (κ1) is 14.1. The van der Waals surface area contributed by atoms with Crippen molar-refractivity contribution in [1.29, 1.82) is 0 Å². The monoisotopic (exact) mass is 274 g/mol. The number of halogens is 3. The topological polar surface area (TPSA) is 24.5 Å². The van der Waals surface area contributed by atoms with Crippen LogP contribution in [0, 0.1) is 0 Å². The lowest BCUT2D eigenvalue weighted by atomic mass is 10.1. The lowest BCUT2D eigenvalue weighted by Crippen LogP contribution is -2.44. The van der Waals surface area contributed by atoms with Gasteiger partial charge in [0.25, 0.3) is 0 Å². The molecule has 1 atom stereocenters. The van der Waals surface area contributed by atoms with Gasteiger partial charge in [0, 0.05) is 32.4 Å². The van der Waals surface area contributed by atoms with Gasteiger partial charge in [-0.1, -0.05) is 12.1 Å². The summed E-state index contributed by atoms with van der Waals surface area (Å²) in [5, 5.41) is 3.16. The van der Waals surface area contributed by atoms with Gasteiger partial charge >= 0.3 is 6.18 Å². The van der Waals surface area contributed by atoms with Gasteiger partial charge in [0.2, 0.25) is 0 Å². The highest BCUT2D eigenvalue weighted by molar-refractivity contribution is 5.54. The van der Waals surface area contributed by atoms with Crippen molar-refractivity contribution in [3.8, 4) is 0 Å². The van der Waals surface area contributed by atoms with E-state index in [1.54, 1.807) is 18.0 Å². The Morgan fingerprint density at radius 1 is 1.37 bits per heavy atom. The molecule has 1 saturated heterocycles. The molecule has 3 nitrogen and oxygen atoms in total. The highest BCUT2D eigenvalue weighted by Gasteiger charge is 2.34. The van der Waals surface area contributed by atoms with Gasteiger partial charge in [-0.25, -0.2) is 0 Å². The van der Waals surface area contributed by atoms with Crippen LogP contribution < -0.4 is 10.2 Å². The predicted octanol–water partition coefficient (Wildman–Crippen LogP) is 2.13. The minimum Gasteiger partial charge on any atom is -0.374 e. The lowest BCUT2D eigenvalue weighted by Gasteiger charge is -2.30. The van der Waals surface area contributed by atoms with Crippen LogP contribution in [0.25, 0.3) is 0 Å². The predicted molar refractivity (Wildman–Crippen MR) is 67.3 cm³/mol. The molecular weight excluding hydrogens is 257 g/mol. The molecular formula is C13H17F3N2O. The molecule has 6 heteroatoms. The van der Waals surface area contributed by atoms with Gasteiger partial charge in [-0.2, -0.15) is 13.2 Å². The fourth-order valence-electron chi connectivity index (χ4n) is 2.19. The van der Waals surface area contributed by atoms with Crippen molar-refractivity contribution in [3.63, 3.8) is 0 Å². The first-order valence-corrected chi connectivity index (χ1v) is 6.18. The van der Waals surface area contributed by atoms with Crippen molar-refractivity contribution in [3.05, 3.63) is 29.8 Å². The Morgan fingerprint density at radius 3 is 2.74 bits per heavy atom. The number of morpholine rings is 1. The van der Waals surface area contributed by atoms with Crippen LogP contribution in [0.3, 0.4) is 0 Å². The number of nitrogens with zero attached hydrogens (tertiary/aromatic N) is 1. The minimum atomic E-state index is -4.34. The summed E-state index contributed by atoms with van der Waals surface area (Å²) in [6.45, 7) is 2.48. The Bertz CT molecular complexity index is 417. The SMILES string of the molecule is CN(CC1CNCCO1)c1ccccc1C(F)(F)F. The number of likely N-dealkylation sites (N-methyl/N-ethyl adjacent to an activating group) is 1. The molecule has 2 rings (SSSR count). The van der Waals surface area contributed by atoms with Crippen LogP contribution in [0.1, 0.15) is 5.56 Å². The molecule has 1 aromatic carbocycles. The summed E-state index contributed by atoms with van der Waals surface area (Å²) in [7, 11) is 1.66. The van der Waals surface area contributed by atoms with E-state index in [1.807, 2.05) is 0 Å². The number of benzene rings is 1. The van der Waals surface area contributed by atoms with Gasteiger partial charge in [0.1, 0.15) is 0 Å². The van der Waals surface area contributed by atoms with E-state index < -0.39 is 11.7 Å². The number of anilines is 1. The molecule has 0 aliphatic carbocycles. The van der Waals surface area contributed by atoms with Crippen molar-refractivity contribution in [2.24, 2.45) is 0 Å². The molecule has 1 aromatic rings. The zero-order valence-corrected chi connectivity index (χ0v) is 10.7. The second-order valence-electron chi connectivity index (χ2n) is 4.59. The summed E-state index contributed by atoms with van der Waals surface area (Å²) in [5.74, 6) is 0. The highest BCUT2D eigenvalue weighted by Crippen LogP contribution is 2.36. The number of hydrogen-bond donors (Lipinski definition) is 1. The van der Waals surface area contributed by atoms with Crippen LogP contribution in [0.15, 0.2) is 24.3 Å². The Morgan fingerprint density at radius 2 is 2.11 bits per heavy atom. The third kappa shape index (κ3) is 3.61. The fourth-order valence-corrected chi connectivity index (χ4v) is 2.19. The maximum Gasteiger partial charge on any atom is 0.418 e. The zero-order valence-electron chi connectivity index (χ0n) is 10.7. The Hall–Kier alpha value is -1.27. The van der Waals surface area contributed by atoms with Crippen molar-refractivity contribution < 1.29 is 17.9 Å². The molecule has 106 valence electrons. The standard InChI is InChI=1S/C13H17F3N2O/c1-18(9-10-8-17-6-7-19-10)12-5-3-2-4-11(12)13(14,15)16/h2-5,10,17H,6-9H2,1H3. The van der Waals surface area contributed by atoms with E-state index in [-0.39, 0.29) is 11.8 Å². The van der Waals surface area contributed by atoms with Crippen LogP contribution >= 0.6 is 0 Å². The summed E-state index contributed by atoms with van der Waals surface area (Å²) in [6.07, 6.45) is -4.42. The van der Waals surface area contributed by atoms with Crippen LogP contribution in [0.4, 0.5) is 18.9 Å². The second kappa shape index (κ2) is 5.79. The zero-order chi connectivity index (χ0) is 13.9. The molecule has 19 heavy (non-hydrogen) atoms. The van der Waals surface area contributed by atoms with Crippen molar-refractivity contribution in [2.75, 3.05) is 38.2 Å². The van der Waals surface area contributed by atoms with Gasteiger partial charge in [0.15, 0.2) is 0 Å². The van der Waals surface area contributed by atoms with Gasteiger partial charge in [-0.3, -0.25) is 0 Å². The number of alkyl halides is 3. The summed E-state index contributed by atoms with van der Waals surface area (Å²) < 4.78 is 44.3. The number of ether oxygens (including phenoxy) is 1. The third-order valence-electron chi connectivity index (χ3n) is 3.10. The average molecular weight is 274 g/mol.